The largest absolute Gasteiger partial charge is 0.447 e. The van der Waals surface area contributed by atoms with Gasteiger partial charge in [-0.25, -0.2) is 4.79 Å². The number of ketones is 1. The summed E-state index contributed by atoms with van der Waals surface area (Å²) in [6.07, 6.45) is 3.18. The lowest BCUT2D eigenvalue weighted by atomic mass is 9.97. The first-order valence-corrected chi connectivity index (χ1v) is 7.10. The number of amides is 1. The van der Waals surface area contributed by atoms with Crippen molar-refractivity contribution >= 4 is 11.9 Å². The van der Waals surface area contributed by atoms with Gasteiger partial charge in [-0.1, -0.05) is 42.5 Å². The molecule has 1 amide bonds. The van der Waals surface area contributed by atoms with Crippen molar-refractivity contribution in [3.8, 4) is 0 Å². The minimum Gasteiger partial charge on any atom is -0.447 e. The van der Waals surface area contributed by atoms with Gasteiger partial charge in [0, 0.05) is 6.42 Å². The highest BCUT2D eigenvalue weighted by Crippen LogP contribution is 2.36. The van der Waals surface area contributed by atoms with E-state index in [-0.39, 0.29) is 30.6 Å². The Morgan fingerprint density at radius 3 is 2.71 bits per heavy atom. The molecular formula is C16H15NO4. The normalized spacial score (nSPS) is 34.4. The maximum absolute atomic E-state index is 12.4. The summed E-state index contributed by atoms with van der Waals surface area (Å²) in [6, 6.07) is 8.83. The number of hydrogen-bond acceptors (Lipinski definition) is 4. The van der Waals surface area contributed by atoms with Gasteiger partial charge in [0.25, 0.3) is 0 Å². The average molecular weight is 285 g/mol. The molecule has 0 saturated carbocycles. The Labute approximate surface area is 122 Å². The van der Waals surface area contributed by atoms with Crippen molar-refractivity contribution in [3.63, 3.8) is 0 Å². The SMILES string of the molecule is O=C1C[C@H]2C=C[C@H](O2)[C@H]1N1C(=O)OC[C@H]1c1ccccc1. The molecule has 0 aliphatic carbocycles. The van der Waals surface area contributed by atoms with E-state index < -0.39 is 12.1 Å². The van der Waals surface area contributed by atoms with E-state index in [0.29, 0.717) is 6.42 Å². The Morgan fingerprint density at radius 2 is 1.90 bits per heavy atom. The number of Topliss-reactive ketones (excluding diaryl/α,β-unsaturated/α-hetero) is 1. The Hall–Kier alpha value is -2.14. The fourth-order valence-corrected chi connectivity index (χ4v) is 3.31. The fraction of sp³-hybridized carbons (Fsp3) is 0.375. The Kier molecular flexibility index (Phi) is 2.82. The smallest absolute Gasteiger partial charge is 0.411 e. The van der Waals surface area contributed by atoms with Crippen LogP contribution in [0.1, 0.15) is 18.0 Å². The summed E-state index contributed by atoms with van der Waals surface area (Å²) >= 11 is 0. The van der Waals surface area contributed by atoms with Crippen LogP contribution >= 0.6 is 0 Å². The molecule has 2 fully saturated rings. The predicted octanol–water partition coefficient (Wildman–Crippen LogP) is 1.84. The summed E-state index contributed by atoms with van der Waals surface area (Å²) in [5, 5.41) is 0. The van der Waals surface area contributed by atoms with Gasteiger partial charge in [0.05, 0.1) is 12.1 Å². The molecule has 4 atom stereocenters. The summed E-state index contributed by atoms with van der Waals surface area (Å²) in [5.41, 5.74) is 0.972. The van der Waals surface area contributed by atoms with E-state index in [2.05, 4.69) is 0 Å². The molecule has 0 N–H and O–H groups in total. The Balaban J connectivity index is 1.69. The van der Waals surface area contributed by atoms with Crippen LogP contribution in [-0.2, 0) is 14.3 Å². The molecule has 5 heteroatoms. The second-order valence-corrected chi connectivity index (χ2v) is 5.55. The number of ether oxygens (including phenoxy) is 2. The molecule has 4 rings (SSSR count). The predicted molar refractivity (Wildman–Crippen MR) is 73.6 cm³/mol. The van der Waals surface area contributed by atoms with Crippen LogP contribution in [-0.4, -0.2) is 41.6 Å². The van der Waals surface area contributed by atoms with Crippen LogP contribution in [0.5, 0.6) is 0 Å². The molecule has 3 aliphatic rings. The van der Waals surface area contributed by atoms with Gasteiger partial charge in [0.2, 0.25) is 0 Å². The molecule has 5 nitrogen and oxygen atoms in total. The first-order valence-electron chi connectivity index (χ1n) is 7.10. The number of carbonyl (C=O) groups excluding carboxylic acids is 2. The van der Waals surface area contributed by atoms with Crippen LogP contribution in [0, 0.1) is 0 Å². The van der Waals surface area contributed by atoms with Crippen molar-refractivity contribution in [2.75, 3.05) is 6.61 Å². The summed E-state index contributed by atoms with van der Waals surface area (Å²) in [4.78, 5) is 26.1. The zero-order valence-corrected chi connectivity index (χ0v) is 11.3. The third-order valence-corrected chi connectivity index (χ3v) is 4.29. The summed E-state index contributed by atoms with van der Waals surface area (Å²) in [7, 11) is 0. The Morgan fingerprint density at radius 1 is 1.10 bits per heavy atom. The van der Waals surface area contributed by atoms with Crippen LogP contribution in [0.15, 0.2) is 42.5 Å². The lowest BCUT2D eigenvalue weighted by Crippen LogP contribution is -2.53. The average Bonchev–Trinajstić information content (AvgIpc) is 3.06. The second-order valence-electron chi connectivity index (χ2n) is 5.55. The van der Waals surface area contributed by atoms with Crippen molar-refractivity contribution in [1.29, 1.82) is 0 Å². The van der Waals surface area contributed by atoms with Gasteiger partial charge in [-0.2, -0.15) is 0 Å². The molecule has 0 aromatic heterocycles. The van der Waals surface area contributed by atoms with Gasteiger partial charge >= 0.3 is 6.09 Å². The molecule has 0 unspecified atom stereocenters. The molecular weight excluding hydrogens is 270 g/mol. The zero-order chi connectivity index (χ0) is 14.4. The summed E-state index contributed by atoms with van der Waals surface area (Å²) < 4.78 is 10.9. The van der Waals surface area contributed by atoms with E-state index in [1.807, 2.05) is 42.5 Å². The lowest BCUT2D eigenvalue weighted by molar-refractivity contribution is -0.137. The number of fused-ring (bicyclic) bond motifs is 2. The first-order chi connectivity index (χ1) is 10.2. The topological polar surface area (TPSA) is 55.8 Å². The van der Waals surface area contributed by atoms with Crippen molar-refractivity contribution < 1.29 is 19.1 Å². The van der Waals surface area contributed by atoms with Gasteiger partial charge in [-0.05, 0) is 5.56 Å². The number of benzene rings is 1. The van der Waals surface area contributed by atoms with Crippen molar-refractivity contribution in [2.45, 2.75) is 30.7 Å². The molecule has 108 valence electrons. The summed E-state index contributed by atoms with van der Waals surface area (Å²) in [5.74, 6) is 0.0426. The zero-order valence-electron chi connectivity index (χ0n) is 11.3. The first kappa shape index (κ1) is 12.6. The van der Waals surface area contributed by atoms with Crippen LogP contribution in [0.3, 0.4) is 0 Å². The molecule has 3 aliphatic heterocycles. The van der Waals surface area contributed by atoms with Crippen LogP contribution in [0.2, 0.25) is 0 Å². The number of nitrogens with zero attached hydrogens (tertiary/aromatic N) is 1. The van der Waals surface area contributed by atoms with Crippen molar-refractivity contribution in [3.05, 3.63) is 48.0 Å². The van der Waals surface area contributed by atoms with Crippen LogP contribution in [0.4, 0.5) is 4.79 Å². The third-order valence-electron chi connectivity index (χ3n) is 4.29. The highest BCUT2D eigenvalue weighted by Gasteiger charge is 2.49. The molecule has 3 heterocycles. The molecule has 2 bridgehead atoms. The number of cyclic esters (lactones) is 1. The van der Waals surface area contributed by atoms with E-state index in [1.165, 1.54) is 0 Å². The van der Waals surface area contributed by atoms with Crippen LogP contribution < -0.4 is 0 Å². The molecule has 1 aromatic carbocycles. The van der Waals surface area contributed by atoms with Crippen molar-refractivity contribution in [2.24, 2.45) is 0 Å². The van der Waals surface area contributed by atoms with E-state index in [1.54, 1.807) is 4.90 Å². The van der Waals surface area contributed by atoms with Gasteiger partial charge in [-0.3, -0.25) is 9.69 Å². The van der Waals surface area contributed by atoms with E-state index in [0.717, 1.165) is 5.56 Å². The Bertz CT molecular complexity index is 612. The minimum atomic E-state index is -0.583. The lowest BCUT2D eigenvalue weighted by Gasteiger charge is -2.36. The molecule has 1 aromatic rings. The van der Waals surface area contributed by atoms with Gasteiger partial charge < -0.3 is 9.47 Å². The van der Waals surface area contributed by atoms with Crippen LogP contribution in [0.25, 0.3) is 0 Å². The monoisotopic (exact) mass is 285 g/mol. The highest BCUT2D eigenvalue weighted by atomic mass is 16.6. The van der Waals surface area contributed by atoms with E-state index in [4.69, 9.17) is 9.47 Å². The standard InChI is InChI=1S/C16H15NO4/c18-13-8-11-6-7-14(21-11)15(13)17-12(9-20-16(17)19)10-4-2-1-3-5-10/h1-7,11-12,14-15H,8-9H2/t11-,12+,14+,15+/m1/s1. The molecule has 0 spiro atoms. The number of carbonyl (C=O) groups is 2. The molecule has 2 saturated heterocycles. The molecule has 21 heavy (non-hydrogen) atoms. The third kappa shape index (κ3) is 1.96. The quantitative estimate of drug-likeness (QED) is 0.778. The van der Waals surface area contributed by atoms with E-state index in [9.17, 15) is 9.59 Å². The van der Waals surface area contributed by atoms with Gasteiger partial charge in [-0.15, -0.1) is 0 Å². The second kappa shape index (κ2) is 4.70. The maximum atomic E-state index is 12.4. The highest BCUT2D eigenvalue weighted by molar-refractivity contribution is 5.90. The minimum absolute atomic E-state index is 0.0426. The maximum Gasteiger partial charge on any atom is 0.411 e. The number of hydrogen-bond donors (Lipinski definition) is 0. The fourth-order valence-electron chi connectivity index (χ4n) is 3.31. The van der Waals surface area contributed by atoms with E-state index >= 15 is 0 Å². The molecule has 0 radical (unpaired) electrons. The van der Waals surface area contributed by atoms with Crippen molar-refractivity contribution in [1.82, 2.24) is 4.90 Å². The summed E-state index contributed by atoms with van der Waals surface area (Å²) in [6.45, 7) is 0.270. The van der Waals surface area contributed by atoms with Gasteiger partial charge in [0.15, 0.2) is 5.78 Å². The van der Waals surface area contributed by atoms with Gasteiger partial charge in [0.1, 0.15) is 18.8 Å². The number of rotatable bonds is 2.